The molecular formula is C14H18BrClN4OS. The molecule has 0 atom stereocenters. The van der Waals surface area contributed by atoms with Crippen molar-refractivity contribution in [1.29, 1.82) is 0 Å². The number of nitrogens with zero attached hydrogens (tertiary/aromatic N) is 2. The molecule has 5 nitrogen and oxygen atoms in total. The van der Waals surface area contributed by atoms with Gasteiger partial charge in [0, 0.05) is 27.1 Å². The van der Waals surface area contributed by atoms with E-state index in [1.807, 2.05) is 28.4 Å². The molecule has 3 rings (SSSR count). The molecule has 1 amide bonds. The first-order valence-electron chi connectivity index (χ1n) is 6.93. The van der Waals surface area contributed by atoms with E-state index < -0.39 is 5.54 Å². The molecule has 2 N–H and O–H groups in total. The Morgan fingerprint density at radius 3 is 2.86 bits per heavy atom. The van der Waals surface area contributed by atoms with Gasteiger partial charge in [0.1, 0.15) is 5.54 Å². The minimum atomic E-state index is -0.566. The number of aromatic nitrogens is 2. The number of rotatable bonds is 4. The van der Waals surface area contributed by atoms with Crippen LogP contribution in [0.4, 0.5) is 0 Å². The fourth-order valence-corrected chi connectivity index (χ4v) is 4.09. The summed E-state index contributed by atoms with van der Waals surface area (Å²) in [7, 11) is 0. The highest BCUT2D eigenvalue weighted by Crippen LogP contribution is 2.27. The van der Waals surface area contributed by atoms with Gasteiger partial charge in [-0.25, -0.2) is 0 Å². The number of nitrogens with one attached hydrogen (secondary N) is 2. The van der Waals surface area contributed by atoms with Crippen molar-refractivity contribution in [1.82, 2.24) is 20.4 Å². The summed E-state index contributed by atoms with van der Waals surface area (Å²) in [5.74, 6) is 0.0530. The fraction of sp³-hybridized carbons (Fsp3) is 0.429. The van der Waals surface area contributed by atoms with E-state index in [4.69, 9.17) is 0 Å². The van der Waals surface area contributed by atoms with E-state index in [1.165, 1.54) is 0 Å². The molecule has 0 aromatic carbocycles. The summed E-state index contributed by atoms with van der Waals surface area (Å²) in [6.07, 6.45) is 5.13. The normalized spacial score (nSPS) is 16.8. The summed E-state index contributed by atoms with van der Waals surface area (Å²) in [5.41, 5.74) is -0.566. The van der Waals surface area contributed by atoms with Gasteiger partial charge in [-0.1, -0.05) is 0 Å². The van der Waals surface area contributed by atoms with Crippen LogP contribution in [0.1, 0.15) is 17.7 Å². The molecule has 0 aliphatic carbocycles. The largest absolute Gasteiger partial charge is 0.349 e. The van der Waals surface area contributed by atoms with E-state index in [0.717, 1.165) is 35.3 Å². The van der Waals surface area contributed by atoms with Crippen molar-refractivity contribution < 1.29 is 4.79 Å². The number of hydrogen-bond donors (Lipinski definition) is 2. The Balaban J connectivity index is 0.00000176. The van der Waals surface area contributed by atoms with Crippen LogP contribution in [0.2, 0.25) is 0 Å². The van der Waals surface area contributed by atoms with Gasteiger partial charge in [0.25, 0.3) is 0 Å². The molecule has 0 radical (unpaired) electrons. The molecule has 2 aromatic rings. The van der Waals surface area contributed by atoms with E-state index in [9.17, 15) is 4.79 Å². The first-order chi connectivity index (χ1) is 10.2. The summed E-state index contributed by atoms with van der Waals surface area (Å²) >= 11 is 5.07. The second-order valence-corrected chi connectivity index (χ2v) is 7.06. The van der Waals surface area contributed by atoms with Crippen LogP contribution in [0.15, 0.2) is 34.4 Å². The minimum absolute atomic E-state index is 0. The molecule has 22 heavy (non-hydrogen) atoms. The second kappa shape index (κ2) is 7.59. The molecule has 1 fully saturated rings. The van der Waals surface area contributed by atoms with Gasteiger partial charge >= 0.3 is 0 Å². The van der Waals surface area contributed by atoms with E-state index in [2.05, 4.69) is 31.7 Å². The second-order valence-electron chi connectivity index (χ2n) is 5.15. The molecule has 3 heterocycles. The first-order valence-corrected chi connectivity index (χ1v) is 8.60. The van der Waals surface area contributed by atoms with Crippen molar-refractivity contribution in [3.63, 3.8) is 0 Å². The number of thiophene rings is 1. The third-order valence-corrected chi connectivity index (χ3v) is 5.54. The molecule has 0 saturated carbocycles. The van der Waals surface area contributed by atoms with Gasteiger partial charge in [-0.2, -0.15) is 5.10 Å². The molecule has 0 bridgehead atoms. The van der Waals surface area contributed by atoms with Crippen LogP contribution in [-0.2, 0) is 16.9 Å². The number of halogens is 2. The summed E-state index contributed by atoms with van der Waals surface area (Å²) < 4.78 is 2.87. The molecule has 1 aliphatic rings. The van der Waals surface area contributed by atoms with Gasteiger partial charge in [0.05, 0.1) is 6.54 Å². The highest BCUT2D eigenvalue weighted by atomic mass is 79.9. The van der Waals surface area contributed by atoms with Crippen LogP contribution < -0.4 is 10.6 Å². The summed E-state index contributed by atoms with van der Waals surface area (Å²) in [5, 5.41) is 12.7. The topological polar surface area (TPSA) is 59.0 Å². The lowest BCUT2D eigenvalue weighted by Gasteiger charge is -2.36. The van der Waals surface area contributed by atoms with Gasteiger partial charge in [0.15, 0.2) is 0 Å². The molecular weight excluding hydrogens is 388 g/mol. The maximum atomic E-state index is 12.8. The Labute approximate surface area is 148 Å². The number of carbonyl (C=O) groups excluding carboxylic acids is 1. The SMILES string of the molecule is Cl.O=C(NCc1cc(Br)cs1)C1(n2cccn2)CCNCC1. The third-order valence-electron chi connectivity index (χ3n) is 3.84. The number of carbonyl (C=O) groups is 1. The molecule has 1 aliphatic heterocycles. The van der Waals surface area contributed by atoms with E-state index in [1.54, 1.807) is 17.5 Å². The zero-order chi connectivity index (χ0) is 14.7. The quantitative estimate of drug-likeness (QED) is 0.822. The Hall–Kier alpha value is -0.890. The van der Waals surface area contributed by atoms with Gasteiger partial charge < -0.3 is 10.6 Å². The molecule has 1 saturated heterocycles. The predicted molar refractivity (Wildman–Crippen MR) is 93.4 cm³/mol. The number of piperidine rings is 1. The lowest BCUT2D eigenvalue weighted by atomic mass is 9.87. The average Bonchev–Trinajstić information content (AvgIpc) is 3.17. The van der Waals surface area contributed by atoms with Crippen LogP contribution in [-0.4, -0.2) is 28.8 Å². The lowest BCUT2D eigenvalue weighted by Crippen LogP contribution is -2.54. The van der Waals surface area contributed by atoms with Crippen LogP contribution in [0.5, 0.6) is 0 Å². The Morgan fingerprint density at radius 2 is 2.27 bits per heavy atom. The average molecular weight is 406 g/mol. The van der Waals surface area contributed by atoms with Crippen molar-refractivity contribution in [3.8, 4) is 0 Å². The standard InChI is InChI=1S/C14H17BrN4OS.ClH/c15-11-8-12(21-10-11)9-17-13(20)14(2-5-16-6-3-14)19-7-1-4-18-19;/h1,4,7-8,10,16H,2-3,5-6,9H2,(H,17,20);1H. The van der Waals surface area contributed by atoms with Gasteiger partial charge in [-0.15, -0.1) is 23.7 Å². The monoisotopic (exact) mass is 404 g/mol. The van der Waals surface area contributed by atoms with E-state index in [-0.39, 0.29) is 18.3 Å². The van der Waals surface area contributed by atoms with Gasteiger partial charge in [-0.05, 0) is 54.0 Å². The Morgan fingerprint density at radius 1 is 1.50 bits per heavy atom. The summed E-state index contributed by atoms with van der Waals surface area (Å²) in [6, 6.07) is 3.90. The molecule has 120 valence electrons. The van der Waals surface area contributed by atoms with Crippen molar-refractivity contribution in [2.24, 2.45) is 0 Å². The molecule has 8 heteroatoms. The van der Waals surface area contributed by atoms with Crippen LogP contribution in [0.25, 0.3) is 0 Å². The highest BCUT2D eigenvalue weighted by molar-refractivity contribution is 9.10. The molecule has 2 aromatic heterocycles. The van der Waals surface area contributed by atoms with Gasteiger partial charge in [-0.3, -0.25) is 9.48 Å². The van der Waals surface area contributed by atoms with Crippen molar-refractivity contribution in [3.05, 3.63) is 39.3 Å². The fourth-order valence-electron chi connectivity index (χ4n) is 2.70. The number of amides is 1. The van der Waals surface area contributed by atoms with Crippen LogP contribution in [0.3, 0.4) is 0 Å². The summed E-state index contributed by atoms with van der Waals surface area (Å²) in [4.78, 5) is 13.9. The maximum absolute atomic E-state index is 12.8. The van der Waals surface area contributed by atoms with Crippen LogP contribution in [0, 0.1) is 0 Å². The smallest absolute Gasteiger partial charge is 0.248 e. The Kier molecular flexibility index (Phi) is 6.02. The maximum Gasteiger partial charge on any atom is 0.248 e. The predicted octanol–water partition coefficient (Wildman–Crippen LogP) is 2.52. The Bertz CT molecular complexity index is 610. The number of hydrogen-bond acceptors (Lipinski definition) is 4. The lowest BCUT2D eigenvalue weighted by molar-refractivity contribution is -0.132. The minimum Gasteiger partial charge on any atom is -0.349 e. The van der Waals surface area contributed by atoms with E-state index in [0.29, 0.717) is 6.54 Å². The summed E-state index contributed by atoms with van der Waals surface area (Å²) in [6.45, 7) is 2.22. The van der Waals surface area contributed by atoms with E-state index >= 15 is 0 Å². The zero-order valence-corrected chi connectivity index (χ0v) is 15.1. The molecule has 0 unspecified atom stereocenters. The van der Waals surface area contributed by atoms with Crippen molar-refractivity contribution in [2.75, 3.05) is 13.1 Å². The molecule has 0 spiro atoms. The third kappa shape index (κ3) is 3.53. The zero-order valence-electron chi connectivity index (χ0n) is 11.9. The van der Waals surface area contributed by atoms with Crippen molar-refractivity contribution in [2.45, 2.75) is 24.9 Å². The highest BCUT2D eigenvalue weighted by Gasteiger charge is 2.41. The van der Waals surface area contributed by atoms with Gasteiger partial charge in [0.2, 0.25) is 5.91 Å². The van der Waals surface area contributed by atoms with Crippen LogP contribution >= 0.6 is 39.7 Å². The first kappa shape index (κ1) is 17.5. The van der Waals surface area contributed by atoms with Crippen molar-refractivity contribution >= 4 is 45.6 Å².